The fraction of sp³-hybridized carbons (Fsp3) is 0.586. The summed E-state index contributed by atoms with van der Waals surface area (Å²) in [7, 11) is 0. The number of rotatable bonds is 7. The number of likely N-dealkylation sites (tertiary alicyclic amines) is 1. The number of aliphatic hydroxyl groups is 2. The molecule has 5 heterocycles. The van der Waals surface area contributed by atoms with Crippen molar-refractivity contribution in [2.24, 2.45) is 5.92 Å². The molecule has 0 spiro atoms. The molecule has 4 aliphatic rings. The minimum Gasteiger partial charge on any atom is -0.491 e. The van der Waals surface area contributed by atoms with Gasteiger partial charge in [-0.05, 0) is 69.1 Å². The summed E-state index contributed by atoms with van der Waals surface area (Å²) in [5.41, 5.74) is 9.11. The van der Waals surface area contributed by atoms with Gasteiger partial charge >= 0.3 is 0 Å². The van der Waals surface area contributed by atoms with E-state index in [1.165, 1.54) is 6.33 Å². The van der Waals surface area contributed by atoms with Gasteiger partial charge in [-0.15, -0.1) is 0 Å². The van der Waals surface area contributed by atoms with E-state index < -0.39 is 6.23 Å². The Morgan fingerprint density at radius 1 is 1.13 bits per heavy atom. The van der Waals surface area contributed by atoms with Gasteiger partial charge in [-0.2, -0.15) is 0 Å². The normalized spacial score (nSPS) is 30.5. The topological polar surface area (TPSA) is 119 Å². The highest BCUT2D eigenvalue weighted by Crippen LogP contribution is 2.46. The molecule has 3 aromatic rings. The zero-order chi connectivity index (χ0) is 25.9. The number of fused-ring (bicyclic) bond motifs is 3. The van der Waals surface area contributed by atoms with Crippen LogP contribution in [0.15, 0.2) is 36.8 Å². The maximum Gasteiger partial charge on any atom is 0.146 e. The minimum atomic E-state index is -0.466. The molecule has 38 heavy (non-hydrogen) atoms. The Hall–Kier alpha value is -2.72. The van der Waals surface area contributed by atoms with Crippen molar-refractivity contribution in [3.8, 4) is 16.9 Å². The molecule has 9 heteroatoms. The molecule has 1 saturated carbocycles. The molecule has 3 aliphatic heterocycles. The van der Waals surface area contributed by atoms with E-state index in [1.54, 1.807) is 0 Å². The van der Waals surface area contributed by atoms with Gasteiger partial charge in [0.05, 0.1) is 17.6 Å². The molecule has 3 saturated heterocycles. The molecule has 2 aromatic heterocycles. The van der Waals surface area contributed by atoms with Crippen LogP contribution in [0.1, 0.15) is 57.4 Å². The van der Waals surface area contributed by atoms with Crippen molar-refractivity contribution in [3.05, 3.63) is 36.8 Å². The van der Waals surface area contributed by atoms with Crippen LogP contribution in [0.3, 0.4) is 0 Å². The van der Waals surface area contributed by atoms with Crippen LogP contribution in [0.25, 0.3) is 22.2 Å². The molecule has 1 unspecified atom stereocenters. The van der Waals surface area contributed by atoms with E-state index in [9.17, 15) is 10.2 Å². The summed E-state index contributed by atoms with van der Waals surface area (Å²) in [5, 5.41) is 21.6. The second kappa shape index (κ2) is 9.48. The lowest BCUT2D eigenvalue weighted by molar-refractivity contribution is -0.0950. The predicted molar refractivity (Wildman–Crippen MR) is 144 cm³/mol. The Morgan fingerprint density at radius 2 is 1.92 bits per heavy atom. The largest absolute Gasteiger partial charge is 0.491 e. The summed E-state index contributed by atoms with van der Waals surface area (Å²) in [6.45, 7) is 2.08. The number of aromatic nitrogens is 3. The number of hydrogen-bond acceptors (Lipinski definition) is 8. The van der Waals surface area contributed by atoms with Crippen LogP contribution in [0.5, 0.6) is 5.75 Å². The number of nitrogens with two attached hydrogens (primary N) is 1. The van der Waals surface area contributed by atoms with E-state index in [1.807, 2.05) is 12.1 Å². The van der Waals surface area contributed by atoms with E-state index >= 15 is 0 Å². The Bertz CT molecular complexity index is 1310. The second-order valence-corrected chi connectivity index (χ2v) is 11.8. The summed E-state index contributed by atoms with van der Waals surface area (Å²) in [6, 6.07) is 8.40. The molecule has 7 rings (SSSR count). The highest BCUT2D eigenvalue weighted by molar-refractivity contribution is 6.00. The first-order valence-electron chi connectivity index (χ1n) is 14.1. The van der Waals surface area contributed by atoms with Crippen LogP contribution in [-0.4, -0.2) is 73.4 Å². The van der Waals surface area contributed by atoms with Gasteiger partial charge < -0.3 is 30.0 Å². The van der Waals surface area contributed by atoms with Gasteiger partial charge in [0.1, 0.15) is 42.0 Å². The number of nitrogen functional groups attached to an aromatic ring is 1. The SMILES string of the molecule is Nc1ncnc2c1c(-c1cccc(OCC34CCC(CC3)O4)c1)cn2C1CC(C(O)N2CCC(O)CC2)C1. The second-order valence-electron chi connectivity index (χ2n) is 11.8. The number of anilines is 1. The molecule has 9 nitrogen and oxygen atoms in total. The third kappa shape index (κ3) is 4.25. The Kier molecular flexibility index (Phi) is 6.07. The zero-order valence-corrected chi connectivity index (χ0v) is 21.7. The number of benzene rings is 1. The van der Waals surface area contributed by atoms with Crippen LogP contribution < -0.4 is 10.5 Å². The van der Waals surface area contributed by atoms with Crippen LogP contribution >= 0.6 is 0 Å². The van der Waals surface area contributed by atoms with Crippen LogP contribution in [0.2, 0.25) is 0 Å². The Balaban J connectivity index is 1.11. The summed E-state index contributed by atoms with van der Waals surface area (Å²) < 4.78 is 14.7. The lowest BCUT2D eigenvalue weighted by atomic mass is 9.78. The molecule has 2 bridgehead atoms. The molecule has 202 valence electrons. The van der Waals surface area contributed by atoms with Gasteiger partial charge in [0.15, 0.2) is 0 Å². The number of nitrogens with zero attached hydrogens (tertiary/aromatic N) is 4. The quantitative estimate of drug-likeness (QED) is 0.434. The number of ether oxygens (including phenoxy) is 2. The van der Waals surface area contributed by atoms with Crippen molar-refractivity contribution in [2.45, 2.75) is 81.4 Å². The Morgan fingerprint density at radius 3 is 2.66 bits per heavy atom. The monoisotopic (exact) mass is 519 g/mol. The molecule has 0 radical (unpaired) electrons. The van der Waals surface area contributed by atoms with Gasteiger partial charge in [0.2, 0.25) is 0 Å². The highest BCUT2D eigenvalue weighted by Gasteiger charge is 2.46. The molecular weight excluding hydrogens is 482 g/mol. The minimum absolute atomic E-state index is 0.117. The first kappa shape index (κ1) is 24.3. The number of piperidine rings is 1. The average molecular weight is 520 g/mol. The maximum absolute atomic E-state index is 11.0. The summed E-state index contributed by atoms with van der Waals surface area (Å²) in [5.74, 6) is 1.50. The standard InChI is InChI=1S/C29H37N5O4/c30-26-25-24(18-2-1-3-23(14-18)37-16-29-8-4-22(38-29)5-9-29)15-34(27(25)32-17-31-26)20-12-19(13-20)28(36)33-10-6-21(35)7-11-33/h1-3,14-15,17,19-22,28,35-36H,4-13,16H2,(H2,30,31,32). The van der Waals surface area contributed by atoms with Crippen molar-refractivity contribution < 1.29 is 19.7 Å². The van der Waals surface area contributed by atoms with Gasteiger partial charge in [-0.3, -0.25) is 4.90 Å². The van der Waals surface area contributed by atoms with Crippen molar-refractivity contribution >= 4 is 16.9 Å². The number of aliphatic hydroxyl groups excluding tert-OH is 2. The van der Waals surface area contributed by atoms with Gasteiger partial charge in [-0.1, -0.05) is 12.1 Å². The fourth-order valence-electron chi connectivity index (χ4n) is 7.01. The smallest absolute Gasteiger partial charge is 0.146 e. The summed E-state index contributed by atoms with van der Waals surface area (Å²) >= 11 is 0. The van der Waals surface area contributed by atoms with Crippen molar-refractivity contribution in [3.63, 3.8) is 0 Å². The van der Waals surface area contributed by atoms with Gasteiger partial charge in [0, 0.05) is 36.8 Å². The predicted octanol–water partition coefficient (Wildman–Crippen LogP) is 3.50. The van der Waals surface area contributed by atoms with E-state index in [-0.39, 0.29) is 23.7 Å². The molecule has 1 aromatic carbocycles. The van der Waals surface area contributed by atoms with Gasteiger partial charge in [-0.25, -0.2) is 9.97 Å². The fourth-order valence-corrected chi connectivity index (χ4v) is 7.01. The van der Waals surface area contributed by atoms with Crippen molar-refractivity contribution in [1.82, 2.24) is 19.4 Å². The molecule has 4 fully saturated rings. The third-order valence-corrected chi connectivity index (χ3v) is 9.38. The van der Waals surface area contributed by atoms with Crippen molar-refractivity contribution in [1.29, 1.82) is 0 Å². The van der Waals surface area contributed by atoms with E-state index in [0.29, 0.717) is 18.5 Å². The zero-order valence-electron chi connectivity index (χ0n) is 21.7. The van der Waals surface area contributed by atoms with Crippen molar-refractivity contribution in [2.75, 3.05) is 25.4 Å². The van der Waals surface area contributed by atoms with Crippen LogP contribution in [-0.2, 0) is 4.74 Å². The van der Waals surface area contributed by atoms with E-state index in [4.69, 9.17) is 15.2 Å². The molecular formula is C29H37N5O4. The summed E-state index contributed by atoms with van der Waals surface area (Å²) in [6.07, 6.45) is 11.0. The molecule has 1 atom stereocenters. The summed E-state index contributed by atoms with van der Waals surface area (Å²) in [4.78, 5) is 11.0. The molecule has 0 amide bonds. The molecule has 4 N–H and O–H groups in total. The lowest BCUT2D eigenvalue weighted by Gasteiger charge is -2.44. The van der Waals surface area contributed by atoms with E-state index in [2.05, 4.69) is 37.8 Å². The molecule has 1 aliphatic carbocycles. The third-order valence-electron chi connectivity index (χ3n) is 9.38. The van der Waals surface area contributed by atoms with Gasteiger partial charge in [0.25, 0.3) is 0 Å². The Labute approximate surface area is 222 Å². The first-order chi connectivity index (χ1) is 18.5. The van der Waals surface area contributed by atoms with Crippen LogP contribution in [0.4, 0.5) is 5.82 Å². The first-order valence-corrected chi connectivity index (χ1v) is 14.1. The highest BCUT2D eigenvalue weighted by atomic mass is 16.6. The maximum atomic E-state index is 11.0. The number of hydrogen-bond donors (Lipinski definition) is 3. The lowest BCUT2D eigenvalue weighted by Crippen LogP contribution is -2.49. The van der Waals surface area contributed by atoms with Crippen LogP contribution in [0, 0.1) is 5.92 Å². The average Bonchev–Trinajstić information content (AvgIpc) is 3.62. The van der Waals surface area contributed by atoms with E-state index in [0.717, 1.165) is 92.4 Å².